The number of hydrogen-bond donors (Lipinski definition) is 1. The van der Waals surface area contributed by atoms with E-state index in [1.165, 1.54) is 107 Å². The van der Waals surface area contributed by atoms with Crippen molar-refractivity contribution in [2.75, 3.05) is 26.9 Å². The van der Waals surface area contributed by atoms with Gasteiger partial charge in [-0.15, -0.1) is 0 Å². The number of carbonyl (C=O) groups excluding carboxylic acids is 1. The highest BCUT2D eigenvalue weighted by atomic mass is 16.5. The molecule has 0 saturated heterocycles. The molecule has 0 radical (unpaired) electrons. The average Bonchev–Trinajstić information content (AvgIpc) is 3.09. The van der Waals surface area contributed by atoms with E-state index in [0.29, 0.717) is 12.5 Å². The number of carbonyl (C=O) groups is 1. The molecule has 45 heavy (non-hydrogen) atoms. The normalized spacial score (nSPS) is 22.6. The van der Waals surface area contributed by atoms with Crippen LogP contribution in [-0.4, -0.2) is 38.0 Å². The maximum absolute atomic E-state index is 12.0. The van der Waals surface area contributed by atoms with Crippen molar-refractivity contribution in [3.05, 3.63) is 71.3 Å². The molecule has 2 aromatic rings. The van der Waals surface area contributed by atoms with E-state index >= 15 is 0 Å². The van der Waals surface area contributed by atoms with Crippen molar-refractivity contribution >= 4 is 5.97 Å². The highest BCUT2D eigenvalue weighted by molar-refractivity contribution is 5.87. The fraction of sp³-hybridized carbons (Fsp3) is 0.634. The minimum absolute atomic E-state index is 0.0609. The molecule has 1 unspecified atom stereocenters. The third-order valence-electron chi connectivity index (χ3n) is 11.0. The van der Waals surface area contributed by atoms with Crippen LogP contribution in [0.5, 0.6) is 0 Å². The molecule has 2 saturated carbocycles. The van der Waals surface area contributed by atoms with E-state index in [-0.39, 0.29) is 18.1 Å². The number of esters is 1. The van der Waals surface area contributed by atoms with Crippen molar-refractivity contribution < 1.29 is 19.4 Å². The Bertz CT molecular complexity index is 1170. The number of methoxy groups -OCH3 is 1. The van der Waals surface area contributed by atoms with Gasteiger partial charge in [0.1, 0.15) is 6.61 Å². The highest BCUT2D eigenvalue weighted by Crippen LogP contribution is 2.45. The second-order valence-corrected chi connectivity index (χ2v) is 14.0. The lowest BCUT2D eigenvalue weighted by molar-refractivity contribution is -0.140. The van der Waals surface area contributed by atoms with Crippen LogP contribution in [0.4, 0.5) is 0 Å². The zero-order valence-electron chi connectivity index (χ0n) is 28.5. The Kier molecular flexibility index (Phi) is 14.7. The summed E-state index contributed by atoms with van der Waals surface area (Å²) >= 11 is 0. The summed E-state index contributed by atoms with van der Waals surface area (Å²) in [6, 6.07) is 15.7. The van der Waals surface area contributed by atoms with Gasteiger partial charge in [0.25, 0.3) is 0 Å². The molecule has 0 bridgehead atoms. The van der Waals surface area contributed by atoms with E-state index in [2.05, 4.69) is 62.9 Å². The van der Waals surface area contributed by atoms with Gasteiger partial charge >= 0.3 is 5.97 Å². The van der Waals surface area contributed by atoms with Crippen molar-refractivity contribution in [2.24, 2.45) is 17.8 Å². The Balaban J connectivity index is 1.29. The predicted molar refractivity (Wildman–Crippen MR) is 187 cm³/mol. The molecule has 4 heteroatoms. The summed E-state index contributed by atoms with van der Waals surface area (Å²) in [5.74, 6) is 2.99. The summed E-state index contributed by atoms with van der Waals surface area (Å²) in [5.41, 5.74) is 6.64. The molecule has 0 amide bonds. The van der Waals surface area contributed by atoms with Crippen LogP contribution in [0.1, 0.15) is 132 Å². The molecule has 2 aromatic carbocycles. The van der Waals surface area contributed by atoms with Crippen molar-refractivity contribution in [3.63, 3.8) is 0 Å². The molecule has 0 aliphatic heterocycles. The number of benzene rings is 2. The van der Waals surface area contributed by atoms with E-state index in [0.717, 1.165) is 29.7 Å². The Morgan fingerprint density at radius 1 is 0.844 bits per heavy atom. The summed E-state index contributed by atoms with van der Waals surface area (Å²) < 4.78 is 10.8. The van der Waals surface area contributed by atoms with E-state index in [4.69, 9.17) is 14.6 Å². The van der Waals surface area contributed by atoms with Crippen LogP contribution >= 0.6 is 0 Å². The second-order valence-electron chi connectivity index (χ2n) is 14.0. The molecule has 1 atom stereocenters. The summed E-state index contributed by atoms with van der Waals surface area (Å²) in [4.78, 5) is 12.0. The van der Waals surface area contributed by atoms with Gasteiger partial charge in [-0.2, -0.15) is 0 Å². The van der Waals surface area contributed by atoms with Gasteiger partial charge in [-0.05, 0) is 96.4 Å². The molecule has 1 N–H and O–H groups in total. The van der Waals surface area contributed by atoms with Crippen LogP contribution in [0.15, 0.2) is 54.6 Å². The number of aliphatic hydroxyl groups is 1. The third kappa shape index (κ3) is 10.3. The van der Waals surface area contributed by atoms with Crippen molar-refractivity contribution in [1.29, 1.82) is 0 Å². The van der Waals surface area contributed by atoms with Crippen molar-refractivity contribution in [3.8, 4) is 11.1 Å². The van der Waals surface area contributed by atoms with Crippen LogP contribution in [0, 0.1) is 17.8 Å². The van der Waals surface area contributed by atoms with Crippen LogP contribution in [0.2, 0.25) is 0 Å². The minimum Gasteiger partial charge on any atom is -0.462 e. The first-order valence-corrected chi connectivity index (χ1v) is 18.1. The molecule has 2 aliphatic carbocycles. The first-order chi connectivity index (χ1) is 22.0. The average molecular weight is 617 g/mol. The van der Waals surface area contributed by atoms with Crippen LogP contribution < -0.4 is 0 Å². The molecule has 248 valence electrons. The van der Waals surface area contributed by atoms with Crippen molar-refractivity contribution in [1.82, 2.24) is 0 Å². The van der Waals surface area contributed by atoms with Gasteiger partial charge in [0, 0.05) is 13.0 Å². The number of unbranched alkanes of at least 4 members (excludes halogenated alkanes) is 4. The maximum Gasteiger partial charge on any atom is 0.335 e. The molecule has 2 fully saturated rings. The lowest BCUT2D eigenvalue weighted by Gasteiger charge is -2.38. The smallest absolute Gasteiger partial charge is 0.335 e. The van der Waals surface area contributed by atoms with Crippen LogP contribution in [-0.2, 0) is 20.7 Å². The van der Waals surface area contributed by atoms with Gasteiger partial charge in [0.05, 0.1) is 18.8 Å². The Hall–Kier alpha value is -2.43. The summed E-state index contributed by atoms with van der Waals surface area (Å²) in [6.45, 7) is 8.37. The number of aliphatic hydroxyl groups excluding tert-OH is 1. The largest absolute Gasteiger partial charge is 0.462 e. The number of ether oxygens (including phenoxy) is 2. The summed E-state index contributed by atoms with van der Waals surface area (Å²) in [7, 11) is 1.65. The van der Waals surface area contributed by atoms with Gasteiger partial charge in [-0.3, -0.25) is 0 Å². The molecule has 4 rings (SSSR count). The lowest BCUT2D eigenvalue weighted by atomic mass is 9.67. The molecule has 2 aliphatic rings. The monoisotopic (exact) mass is 616 g/mol. The van der Waals surface area contributed by atoms with Crippen LogP contribution in [0.3, 0.4) is 0 Å². The standard InChI is InChI=1S/C41H60O4/c1-5-7-8-9-10-11-31-12-14-33(15-13-31)34-20-22-37(23-21-34)40-25-24-38(26-32(40)6-2)35-16-18-36(19-17-35)39(28-44-4)29-45-41(43)30(3)27-42/h16-19,24-26,31,33-34,37,39,42H,3,5-15,20-23,27-29H2,1-2,4H3. The first kappa shape index (κ1) is 35.4. The third-order valence-corrected chi connectivity index (χ3v) is 11.0. The van der Waals surface area contributed by atoms with Gasteiger partial charge in [-0.1, -0.05) is 114 Å². The Morgan fingerprint density at radius 3 is 2.11 bits per heavy atom. The van der Waals surface area contributed by atoms with E-state index in [1.54, 1.807) is 12.7 Å². The molecular weight excluding hydrogens is 556 g/mol. The predicted octanol–water partition coefficient (Wildman–Crippen LogP) is 10.2. The van der Waals surface area contributed by atoms with Gasteiger partial charge < -0.3 is 14.6 Å². The fourth-order valence-electron chi connectivity index (χ4n) is 8.11. The molecule has 4 nitrogen and oxygen atoms in total. The van der Waals surface area contributed by atoms with Crippen molar-refractivity contribution in [2.45, 2.75) is 122 Å². The van der Waals surface area contributed by atoms with E-state index in [9.17, 15) is 4.79 Å². The minimum atomic E-state index is -0.568. The molecule has 0 aromatic heterocycles. The topological polar surface area (TPSA) is 55.8 Å². The summed E-state index contributed by atoms with van der Waals surface area (Å²) in [6.07, 6.45) is 21.1. The number of aryl methyl sites for hydroxylation is 1. The lowest BCUT2D eigenvalue weighted by Crippen LogP contribution is -2.25. The van der Waals surface area contributed by atoms with E-state index < -0.39 is 12.6 Å². The fourth-order valence-corrected chi connectivity index (χ4v) is 8.11. The molecule has 0 heterocycles. The maximum atomic E-state index is 12.0. The first-order valence-electron chi connectivity index (χ1n) is 18.1. The zero-order valence-corrected chi connectivity index (χ0v) is 28.5. The van der Waals surface area contributed by atoms with Gasteiger partial charge in [0.2, 0.25) is 0 Å². The van der Waals surface area contributed by atoms with Gasteiger partial charge in [-0.25, -0.2) is 4.79 Å². The highest BCUT2D eigenvalue weighted by Gasteiger charge is 2.31. The Labute approximate surface area is 274 Å². The Morgan fingerprint density at radius 2 is 1.49 bits per heavy atom. The second kappa shape index (κ2) is 18.6. The van der Waals surface area contributed by atoms with Gasteiger partial charge in [0.15, 0.2) is 0 Å². The summed E-state index contributed by atoms with van der Waals surface area (Å²) in [5, 5.41) is 9.14. The van der Waals surface area contributed by atoms with E-state index in [1.807, 2.05) is 0 Å². The molecule has 0 spiro atoms. The molecular formula is C41H60O4. The van der Waals surface area contributed by atoms with Crippen LogP contribution in [0.25, 0.3) is 11.1 Å². The number of rotatable bonds is 17. The quantitative estimate of drug-likeness (QED) is 0.109. The number of hydrogen-bond acceptors (Lipinski definition) is 4. The SMILES string of the molecule is C=C(CO)C(=O)OCC(COC)c1ccc(-c2ccc(C3CCC(C4CCC(CCCCCCC)CC4)CC3)c(CC)c2)cc1. The zero-order chi connectivity index (χ0) is 32.0.